The number of alkyl halides is 4. The Balaban J connectivity index is 2.29. The normalized spacial score (nSPS) is 11.9. The maximum Gasteiger partial charge on any atom is 0.406 e. The van der Waals surface area contributed by atoms with Crippen molar-refractivity contribution in [3.05, 3.63) is 35.0 Å². The maximum absolute atomic E-state index is 13.1. The molecule has 0 saturated carbocycles. The number of hydrogen-bond donors (Lipinski definition) is 0. The van der Waals surface area contributed by atoms with Crippen molar-refractivity contribution in [1.29, 1.82) is 0 Å². The van der Waals surface area contributed by atoms with E-state index in [0.717, 1.165) is 11.3 Å². The van der Waals surface area contributed by atoms with Crippen LogP contribution in [0.3, 0.4) is 0 Å². The third kappa shape index (κ3) is 4.07. The van der Waals surface area contributed by atoms with E-state index >= 15 is 0 Å². The third-order valence-corrected chi connectivity index (χ3v) is 3.96. The largest absolute Gasteiger partial charge is 0.406 e. The van der Waals surface area contributed by atoms with Gasteiger partial charge in [0.25, 0.3) is 5.91 Å². The molecular formula is C13H10ClF4NOS. The highest BCUT2D eigenvalue weighted by Gasteiger charge is 2.33. The van der Waals surface area contributed by atoms with Crippen LogP contribution in [-0.2, 0) is 0 Å². The van der Waals surface area contributed by atoms with Crippen molar-refractivity contribution >= 4 is 38.9 Å². The van der Waals surface area contributed by atoms with Gasteiger partial charge in [0.05, 0.1) is 4.88 Å². The highest BCUT2D eigenvalue weighted by atomic mass is 35.5. The summed E-state index contributed by atoms with van der Waals surface area (Å²) >= 11 is 6.41. The van der Waals surface area contributed by atoms with Crippen LogP contribution in [0, 0.1) is 5.82 Å². The van der Waals surface area contributed by atoms with Gasteiger partial charge in [0.1, 0.15) is 12.4 Å². The smallest absolute Gasteiger partial charge is 0.328 e. The van der Waals surface area contributed by atoms with Crippen LogP contribution < -0.4 is 0 Å². The standard InChI is InChI=1S/C13H10ClF4NOS/c14-3-4-19(7-13(16,17)18)12(20)11-5-8-1-2-9(15)6-10(8)21-11/h1-2,5-6H,3-4,7H2. The van der Waals surface area contributed by atoms with Crippen molar-refractivity contribution in [2.24, 2.45) is 0 Å². The van der Waals surface area contributed by atoms with E-state index in [4.69, 9.17) is 11.6 Å². The Kier molecular flexibility index (Phi) is 4.73. The van der Waals surface area contributed by atoms with Crippen molar-refractivity contribution in [2.45, 2.75) is 6.18 Å². The van der Waals surface area contributed by atoms with Crippen molar-refractivity contribution in [3.63, 3.8) is 0 Å². The molecule has 1 aromatic carbocycles. The molecule has 0 unspecified atom stereocenters. The quantitative estimate of drug-likeness (QED) is 0.601. The number of thiophene rings is 1. The summed E-state index contributed by atoms with van der Waals surface area (Å²) in [6.45, 7) is -1.57. The molecule has 1 aromatic heterocycles. The van der Waals surface area contributed by atoms with E-state index in [9.17, 15) is 22.4 Å². The number of fused-ring (bicyclic) bond motifs is 1. The van der Waals surface area contributed by atoms with Gasteiger partial charge in [-0.15, -0.1) is 22.9 Å². The van der Waals surface area contributed by atoms with Crippen LogP contribution in [0.25, 0.3) is 10.1 Å². The summed E-state index contributed by atoms with van der Waals surface area (Å²) in [5.41, 5.74) is 0. The molecule has 0 saturated heterocycles. The van der Waals surface area contributed by atoms with E-state index in [1.807, 2.05) is 0 Å². The lowest BCUT2D eigenvalue weighted by atomic mass is 10.2. The average molecular weight is 340 g/mol. The molecule has 0 fully saturated rings. The van der Waals surface area contributed by atoms with E-state index in [2.05, 4.69) is 0 Å². The van der Waals surface area contributed by atoms with Crippen LogP contribution >= 0.6 is 22.9 Å². The van der Waals surface area contributed by atoms with Gasteiger partial charge in [0.15, 0.2) is 0 Å². The molecule has 1 heterocycles. The van der Waals surface area contributed by atoms with Crippen molar-refractivity contribution in [3.8, 4) is 0 Å². The number of carbonyl (C=O) groups is 1. The summed E-state index contributed by atoms with van der Waals surface area (Å²) in [6, 6.07) is 5.41. The molecule has 0 N–H and O–H groups in total. The minimum Gasteiger partial charge on any atom is -0.328 e. The van der Waals surface area contributed by atoms with Gasteiger partial charge in [0.2, 0.25) is 0 Å². The Morgan fingerprint density at radius 2 is 2.00 bits per heavy atom. The molecule has 2 nitrogen and oxygen atoms in total. The average Bonchev–Trinajstić information content (AvgIpc) is 2.78. The number of hydrogen-bond acceptors (Lipinski definition) is 2. The lowest BCUT2D eigenvalue weighted by Crippen LogP contribution is -2.39. The fourth-order valence-electron chi connectivity index (χ4n) is 1.84. The number of halogens is 5. The van der Waals surface area contributed by atoms with Gasteiger partial charge in [0, 0.05) is 17.1 Å². The first-order valence-corrected chi connectivity index (χ1v) is 7.26. The molecule has 21 heavy (non-hydrogen) atoms. The second-order valence-corrected chi connectivity index (χ2v) is 5.79. The summed E-state index contributed by atoms with van der Waals surface area (Å²) in [5.74, 6) is -1.31. The van der Waals surface area contributed by atoms with E-state index < -0.39 is 24.4 Å². The van der Waals surface area contributed by atoms with Gasteiger partial charge in [-0.1, -0.05) is 6.07 Å². The zero-order chi connectivity index (χ0) is 15.6. The lowest BCUT2D eigenvalue weighted by Gasteiger charge is -2.22. The van der Waals surface area contributed by atoms with Crippen LogP contribution in [0.2, 0.25) is 0 Å². The van der Waals surface area contributed by atoms with Gasteiger partial charge in [-0.2, -0.15) is 13.2 Å². The van der Waals surface area contributed by atoms with Gasteiger partial charge in [-0.25, -0.2) is 4.39 Å². The number of carbonyl (C=O) groups excluding carboxylic acids is 1. The van der Waals surface area contributed by atoms with Crippen LogP contribution in [0.5, 0.6) is 0 Å². The zero-order valence-electron chi connectivity index (χ0n) is 10.6. The Hall–Kier alpha value is -1.34. The first-order valence-electron chi connectivity index (χ1n) is 5.91. The van der Waals surface area contributed by atoms with Gasteiger partial charge in [-0.3, -0.25) is 4.79 Å². The van der Waals surface area contributed by atoms with E-state index in [0.29, 0.717) is 15.0 Å². The topological polar surface area (TPSA) is 20.3 Å². The molecule has 0 bridgehead atoms. The number of benzene rings is 1. The van der Waals surface area contributed by atoms with Crippen molar-refractivity contribution in [2.75, 3.05) is 19.0 Å². The predicted molar refractivity (Wildman–Crippen MR) is 74.5 cm³/mol. The van der Waals surface area contributed by atoms with Crippen molar-refractivity contribution in [1.82, 2.24) is 4.90 Å². The fraction of sp³-hybridized carbons (Fsp3) is 0.308. The van der Waals surface area contributed by atoms with Gasteiger partial charge < -0.3 is 4.90 Å². The first-order chi connectivity index (χ1) is 9.80. The van der Waals surface area contributed by atoms with E-state index in [-0.39, 0.29) is 17.3 Å². The minimum atomic E-state index is -4.50. The molecule has 2 aromatic rings. The monoisotopic (exact) mass is 339 g/mol. The predicted octanol–water partition coefficient (Wildman–Crippen LogP) is 4.28. The molecule has 0 spiro atoms. The summed E-state index contributed by atoms with van der Waals surface area (Å²) in [6.07, 6.45) is -4.50. The maximum atomic E-state index is 13.1. The number of rotatable bonds is 4. The Morgan fingerprint density at radius 3 is 2.62 bits per heavy atom. The molecule has 0 radical (unpaired) electrons. The van der Waals surface area contributed by atoms with Crippen LogP contribution in [0.15, 0.2) is 24.3 Å². The highest BCUT2D eigenvalue weighted by Crippen LogP contribution is 2.28. The molecular weight excluding hydrogens is 330 g/mol. The fourth-order valence-corrected chi connectivity index (χ4v) is 3.10. The molecule has 0 aliphatic heterocycles. The molecule has 1 amide bonds. The third-order valence-electron chi connectivity index (χ3n) is 2.70. The number of nitrogens with zero attached hydrogens (tertiary/aromatic N) is 1. The minimum absolute atomic E-state index is 0.0959. The zero-order valence-corrected chi connectivity index (χ0v) is 12.2. The molecule has 114 valence electrons. The second kappa shape index (κ2) is 6.19. The Bertz CT molecular complexity index is 655. The number of amides is 1. The molecule has 0 aliphatic carbocycles. The summed E-state index contributed by atoms with van der Waals surface area (Å²) < 4.78 is 51.0. The molecule has 8 heteroatoms. The summed E-state index contributed by atoms with van der Waals surface area (Å²) in [4.78, 5) is 12.9. The summed E-state index contributed by atoms with van der Waals surface area (Å²) in [7, 11) is 0. The molecule has 0 aliphatic rings. The molecule has 2 rings (SSSR count). The van der Waals surface area contributed by atoms with Crippen molar-refractivity contribution < 1.29 is 22.4 Å². The highest BCUT2D eigenvalue weighted by molar-refractivity contribution is 7.20. The van der Waals surface area contributed by atoms with E-state index in [1.165, 1.54) is 24.3 Å². The molecule has 0 atom stereocenters. The lowest BCUT2D eigenvalue weighted by molar-refractivity contribution is -0.140. The summed E-state index contributed by atoms with van der Waals surface area (Å²) in [5, 5.41) is 0.614. The van der Waals surface area contributed by atoms with Crippen LogP contribution in [-0.4, -0.2) is 36.0 Å². The van der Waals surface area contributed by atoms with Gasteiger partial charge >= 0.3 is 6.18 Å². The first kappa shape index (κ1) is 16.0. The Labute approximate surface area is 126 Å². The van der Waals surface area contributed by atoms with Gasteiger partial charge in [-0.05, 0) is 23.6 Å². The van der Waals surface area contributed by atoms with E-state index in [1.54, 1.807) is 0 Å². The second-order valence-electron chi connectivity index (χ2n) is 4.32. The SMILES string of the molecule is O=C(c1cc2ccc(F)cc2s1)N(CCCl)CC(F)(F)F. The van der Waals surface area contributed by atoms with Crippen LogP contribution in [0.4, 0.5) is 17.6 Å². The van der Waals surface area contributed by atoms with Crippen LogP contribution in [0.1, 0.15) is 9.67 Å². The Morgan fingerprint density at radius 1 is 1.29 bits per heavy atom.